The number of piperazine rings is 1. The third-order valence-corrected chi connectivity index (χ3v) is 5.14. The van der Waals surface area contributed by atoms with Crippen LogP contribution in [0.25, 0.3) is 11.0 Å². The Kier molecular flexibility index (Phi) is 4.33. The number of rotatable bonds is 4. The molecule has 1 saturated heterocycles. The second-order valence-electron chi connectivity index (χ2n) is 6.88. The molecule has 0 atom stereocenters. The number of pyridine rings is 1. The zero-order valence-corrected chi connectivity index (χ0v) is 15.5. The van der Waals surface area contributed by atoms with Crippen molar-refractivity contribution >= 4 is 22.7 Å². The van der Waals surface area contributed by atoms with Crippen molar-refractivity contribution in [3.8, 4) is 0 Å². The molecule has 140 valence electrons. The van der Waals surface area contributed by atoms with Crippen LogP contribution in [0.1, 0.15) is 5.56 Å². The number of nitrogens with zero attached hydrogens (tertiary/aromatic N) is 7. The summed E-state index contributed by atoms with van der Waals surface area (Å²) in [5.74, 6) is 2.00. The summed E-state index contributed by atoms with van der Waals surface area (Å²) >= 11 is 0. The van der Waals surface area contributed by atoms with Crippen LogP contribution in [0.5, 0.6) is 0 Å². The maximum Gasteiger partial charge on any atom is 0.163 e. The molecule has 0 N–H and O–H groups in total. The van der Waals surface area contributed by atoms with Crippen LogP contribution in [-0.4, -0.2) is 50.9 Å². The number of anilines is 2. The van der Waals surface area contributed by atoms with Gasteiger partial charge in [-0.25, -0.2) is 19.6 Å². The van der Waals surface area contributed by atoms with Crippen LogP contribution < -0.4 is 9.80 Å². The van der Waals surface area contributed by atoms with E-state index in [1.54, 1.807) is 6.33 Å². The van der Waals surface area contributed by atoms with Gasteiger partial charge in [0, 0.05) is 32.4 Å². The Morgan fingerprint density at radius 2 is 1.57 bits per heavy atom. The van der Waals surface area contributed by atoms with E-state index >= 15 is 0 Å². The second-order valence-corrected chi connectivity index (χ2v) is 6.88. The van der Waals surface area contributed by atoms with Gasteiger partial charge in [-0.1, -0.05) is 36.4 Å². The van der Waals surface area contributed by atoms with E-state index in [1.807, 2.05) is 47.4 Å². The molecule has 5 rings (SSSR count). The van der Waals surface area contributed by atoms with Gasteiger partial charge in [-0.2, -0.15) is 5.10 Å². The van der Waals surface area contributed by atoms with E-state index in [9.17, 15) is 0 Å². The fourth-order valence-electron chi connectivity index (χ4n) is 3.69. The number of hydrogen-bond donors (Lipinski definition) is 0. The van der Waals surface area contributed by atoms with Crippen molar-refractivity contribution in [2.75, 3.05) is 36.0 Å². The molecule has 0 bridgehead atoms. The molecule has 4 heterocycles. The van der Waals surface area contributed by atoms with Crippen molar-refractivity contribution in [1.82, 2.24) is 24.7 Å². The third-order valence-electron chi connectivity index (χ3n) is 5.14. The van der Waals surface area contributed by atoms with Gasteiger partial charge in [0.05, 0.1) is 18.1 Å². The molecule has 1 aromatic carbocycles. The highest BCUT2D eigenvalue weighted by molar-refractivity contribution is 5.86. The molecule has 3 aromatic heterocycles. The fourth-order valence-corrected chi connectivity index (χ4v) is 3.69. The first-order chi connectivity index (χ1) is 13.9. The van der Waals surface area contributed by atoms with Gasteiger partial charge in [0.15, 0.2) is 5.65 Å². The average Bonchev–Trinajstić information content (AvgIpc) is 3.18. The van der Waals surface area contributed by atoms with Crippen molar-refractivity contribution in [1.29, 1.82) is 0 Å². The molecule has 1 aliphatic heterocycles. The summed E-state index contributed by atoms with van der Waals surface area (Å²) < 4.78 is 1.94. The van der Waals surface area contributed by atoms with E-state index < -0.39 is 0 Å². The number of fused-ring (bicyclic) bond motifs is 1. The van der Waals surface area contributed by atoms with Crippen LogP contribution >= 0.6 is 0 Å². The van der Waals surface area contributed by atoms with E-state index in [0.29, 0.717) is 6.54 Å². The molecule has 0 saturated carbocycles. The summed E-state index contributed by atoms with van der Waals surface area (Å²) in [4.78, 5) is 18.2. The van der Waals surface area contributed by atoms with E-state index in [4.69, 9.17) is 0 Å². The summed E-state index contributed by atoms with van der Waals surface area (Å²) in [6.07, 6.45) is 5.38. The Hall–Kier alpha value is -3.48. The van der Waals surface area contributed by atoms with Gasteiger partial charge in [-0.15, -0.1) is 0 Å². The first-order valence-electron chi connectivity index (χ1n) is 9.50. The maximum atomic E-state index is 4.58. The van der Waals surface area contributed by atoms with E-state index in [-0.39, 0.29) is 0 Å². The van der Waals surface area contributed by atoms with Crippen molar-refractivity contribution in [2.24, 2.45) is 0 Å². The van der Waals surface area contributed by atoms with E-state index in [1.165, 1.54) is 5.56 Å². The first-order valence-corrected chi connectivity index (χ1v) is 9.50. The van der Waals surface area contributed by atoms with Crippen LogP contribution in [0.15, 0.2) is 67.3 Å². The monoisotopic (exact) mass is 371 g/mol. The Bertz CT molecular complexity index is 1050. The molecule has 0 unspecified atom stereocenters. The van der Waals surface area contributed by atoms with Crippen molar-refractivity contribution < 1.29 is 0 Å². The van der Waals surface area contributed by atoms with Crippen LogP contribution in [0, 0.1) is 0 Å². The molecule has 1 aliphatic rings. The molecule has 1 fully saturated rings. The Labute approximate surface area is 163 Å². The molecule has 28 heavy (non-hydrogen) atoms. The van der Waals surface area contributed by atoms with Gasteiger partial charge < -0.3 is 9.80 Å². The molecule has 0 aliphatic carbocycles. The minimum atomic E-state index is 0.703. The number of hydrogen-bond acceptors (Lipinski definition) is 6. The summed E-state index contributed by atoms with van der Waals surface area (Å²) in [5.41, 5.74) is 2.08. The maximum absolute atomic E-state index is 4.58. The van der Waals surface area contributed by atoms with Crippen LogP contribution in [0.4, 0.5) is 11.6 Å². The topological polar surface area (TPSA) is 63.0 Å². The number of benzene rings is 1. The lowest BCUT2D eigenvalue weighted by Gasteiger charge is -2.36. The highest BCUT2D eigenvalue weighted by Crippen LogP contribution is 2.25. The molecule has 0 spiro atoms. The predicted molar refractivity (Wildman–Crippen MR) is 110 cm³/mol. The molecule has 7 nitrogen and oxygen atoms in total. The van der Waals surface area contributed by atoms with Crippen molar-refractivity contribution in [3.05, 3.63) is 72.8 Å². The average molecular weight is 371 g/mol. The zero-order valence-electron chi connectivity index (χ0n) is 15.5. The summed E-state index contributed by atoms with van der Waals surface area (Å²) in [7, 11) is 0. The largest absolute Gasteiger partial charge is 0.353 e. The fraction of sp³-hybridized carbons (Fsp3) is 0.238. The van der Waals surface area contributed by atoms with Crippen LogP contribution in [0.3, 0.4) is 0 Å². The molecular formula is C21H21N7. The molecule has 0 radical (unpaired) electrons. The minimum absolute atomic E-state index is 0.703. The Balaban J connectivity index is 1.37. The van der Waals surface area contributed by atoms with Gasteiger partial charge in [0.1, 0.15) is 18.0 Å². The lowest BCUT2D eigenvalue weighted by atomic mass is 10.2. The van der Waals surface area contributed by atoms with Crippen molar-refractivity contribution in [3.63, 3.8) is 0 Å². The Morgan fingerprint density at radius 3 is 2.36 bits per heavy atom. The summed E-state index contributed by atoms with van der Waals surface area (Å²) in [5, 5.41) is 5.58. The first kappa shape index (κ1) is 16.7. The molecular weight excluding hydrogens is 350 g/mol. The van der Waals surface area contributed by atoms with Gasteiger partial charge in [0.2, 0.25) is 0 Å². The smallest absolute Gasteiger partial charge is 0.163 e. The quantitative estimate of drug-likeness (QED) is 0.549. The van der Waals surface area contributed by atoms with Gasteiger partial charge in [-0.05, 0) is 17.7 Å². The van der Waals surface area contributed by atoms with Gasteiger partial charge in [-0.3, -0.25) is 0 Å². The van der Waals surface area contributed by atoms with E-state index in [0.717, 1.165) is 48.8 Å². The normalized spacial score (nSPS) is 14.6. The third kappa shape index (κ3) is 3.15. The standard InChI is InChI=1S/C21H21N7/c1-2-6-17(7-3-1)15-28-21-18(14-25-28)20(23-16-24-21)27-12-10-26(11-13-27)19-8-4-5-9-22-19/h1-9,14,16H,10-13,15H2. The van der Waals surface area contributed by atoms with E-state index in [2.05, 4.69) is 48.0 Å². The zero-order chi connectivity index (χ0) is 18.8. The summed E-state index contributed by atoms with van der Waals surface area (Å²) in [6, 6.07) is 16.4. The lowest BCUT2D eigenvalue weighted by Crippen LogP contribution is -2.47. The van der Waals surface area contributed by atoms with Crippen LogP contribution in [0.2, 0.25) is 0 Å². The highest BCUT2D eigenvalue weighted by atomic mass is 15.3. The molecule has 4 aromatic rings. The minimum Gasteiger partial charge on any atom is -0.353 e. The second kappa shape index (κ2) is 7.26. The highest BCUT2D eigenvalue weighted by Gasteiger charge is 2.22. The van der Waals surface area contributed by atoms with Gasteiger partial charge in [0.25, 0.3) is 0 Å². The van der Waals surface area contributed by atoms with Crippen molar-refractivity contribution in [2.45, 2.75) is 6.54 Å². The predicted octanol–water partition coefficient (Wildman–Crippen LogP) is 2.60. The lowest BCUT2D eigenvalue weighted by molar-refractivity contribution is 0.643. The Morgan fingerprint density at radius 1 is 0.786 bits per heavy atom. The van der Waals surface area contributed by atoms with Crippen LogP contribution in [-0.2, 0) is 6.54 Å². The summed E-state index contributed by atoms with van der Waals surface area (Å²) in [6.45, 7) is 4.33. The van der Waals surface area contributed by atoms with Gasteiger partial charge >= 0.3 is 0 Å². The number of aromatic nitrogens is 5. The molecule has 7 heteroatoms. The SMILES string of the molecule is c1ccc(Cn2ncc3c(N4CCN(c5ccccn5)CC4)ncnc32)cc1. The molecule has 0 amide bonds.